The van der Waals surface area contributed by atoms with Gasteiger partial charge < -0.3 is 0 Å². The highest BCUT2D eigenvalue weighted by atomic mass is 32.2. The van der Waals surface area contributed by atoms with Gasteiger partial charge in [0, 0.05) is 37.7 Å². The number of aromatic nitrogens is 4. The van der Waals surface area contributed by atoms with Crippen LogP contribution in [0.5, 0.6) is 0 Å². The molecule has 0 aliphatic carbocycles. The molecule has 0 bridgehead atoms. The predicted molar refractivity (Wildman–Crippen MR) is 79.4 cm³/mol. The van der Waals surface area contributed by atoms with Gasteiger partial charge in [0.15, 0.2) is 0 Å². The Kier molecular flexibility index (Phi) is 4.79. The largest absolute Gasteiger partial charge is 0.271 e. The van der Waals surface area contributed by atoms with Crippen LogP contribution in [-0.4, -0.2) is 34.5 Å². The molecule has 2 heterocycles. The lowest BCUT2D eigenvalue weighted by atomic mass is 10.4. The van der Waals surface area contributed by atoms with E-state index in [1.807, 2.05) is 24.6 Å². The summed E-state index contributed by atoms with van der Waals surface area (Å²) in [5, 5.41) is 8.32. The summed E-state index contributed by atoms with van der Waals surface area (Å²) in [5.41, 5.74) is 1.59. The topological polar surface area (TPSA) is 81.8 Å². The van der Waals surface area contributed by atoms with E-state index in [2.05, 4.69) is 14.9 Å². The van der Waals surface area contributed by atoms with Gasteiger partial charge in [0.05, 0.1) is 5.69 Å². The lowest BCUT2D eigenvalue weighted by molar-refractivity contribution is 0.546. The van der Waals surface area contributed by atoms with Gasteiger partial charge in [-0.05, 0) is 33.3 Å². The molecule has 1 N–H and O–H groups in total. The average molecular weight is 311 g/mol. The first-order valence-electron chi connectivity index (χ1n) is 6.96. The molecule has 0 saturated carbocycles. The maximum Gasteiger partial charge on any atom is 0.243 e. The number of nitrogens with one attached hydrogen (secondary N) is 1. The van der Waals surface area contributed by atoms with E-state index in [0.29, 0.717) is 31.7 Å². The first-order valence-corrected chi connectivity index (χ1v) is 8.44. The smallest absolute Gasteiger partial charge is 0.243 e. The Bertz CT molecular complexity index is 702. The monoisotopic (exact) mass is 311 g/mol. The van der Waals surface area contributed by atoms with E-state index in [-0.39, 0.29) is 4.90 Å². The van der Waals surface area contributed by atoms with Gasteiger partial charge in [0.2, 0.25) is 10.0 Å². The van der Waals surface area contributed by atoms with Crippen molar-refractivity contribution >= 4 is 10.0 Å². The highest BCUT2D eigenvalue weighted by molar-refractivity contribution is 7.89. The lowest BCUT2D eigenvalue weighted by Gasteiger charge is -2.07. The summed E-state index contributed by atoms with van der Waals surface area (Å²) in [7, 11) is -3.49. The maximum absolute atomic E-state index is 12.2. The molecule has 116 valence electrons. The molecule has 0 radical (unpaired) electrons. The average Bonchev–Trinajstić information content (AvgIpc) is 3.01. The van der Waals surface area contributed by atoms with Crippen LogP contribution in [0.2, 0.25) is 0 Å². The molecular formula is C13H21N5O2S. The molecule has 0 aliphatic rings. The first kappa shape index (κ1) is 15.7. The summed E-state index contributed by atoms with van der Waals surface area (Å²) in [5.74, 6) is 0. The molecule has 0 atom stereocenters. The Morgan fingerprint density at radius 1 is 1.33 bits per heavy atom. The standard InChI is InChI=1S/C13H21N5O2S/c1-4-17-10-13(12(3)16-17)21(19,20)15-7-5-9-18-11(2)6-8-14-18/h6,8,10,15H,4-5,7,9H2,1-3H3. The quantitative estimate of drug-likeness (QED) is 0.776. The highest BCUT2D eigenvalue weighted by Crippen LogP contribution is 2.12. The third kappa shape index (κ3) is 3.70. The SMILES string of the molecule is CCn1cc(S(=O)(=O)NCCCn2nccc2C)c(C)n1. The van der Waals surface area contributed by atoms with Crippen molar-refractivity contribution < 1.29 is 8.42 Å². The van der Waals surface area contributed by atoms with E-state index in [1.54, 1.807) is 24.0 Å². The van der Waals surface area contributed by atoms with E-state index < -0.39 is 10.0 Å². The van der Waals surface area contributed by atoms with E-state index in [9.17, 15) is 8.42 Å². The Labute approximate surface area is 125 Å². The number of nitrogens with zero attached hydrogens (tertiary/aromatic N) is 4. The third-order valence-corrected chi connectivity index (χ3v) is 4.85. The van der Waals surface area contributed by atoms with Gasteiger partial charge in [-0.25, -0.2) is 13.1 Å². The van der Waals surface area contributed by atoms with Crippen molar-refractivity contribution in [2.24, 2.45) is 0 Å². The molecule has 8 heteroatoms. The van der Waals surface area contributed by atoms with Crippen LogP contribution in [0.3, 0.4) is 0 Å². The number of hydrogen-bond acceptors (Lipinski definition) is 4. The summed E-state index contributed by atoms with van der Waals surface area (Å²) >= 11 is 0. The fourth-order valence-corrected chi connectivity index (χ4v) is 3.33. The zero-order chi connectivity index (χ0) is 15.5. The van der Waals surface area contributed by atoms with Crippen molar-refractivity contribution in [3.63, 3.8) is 0 Å². The predicted octanol–water partition coefficient (Wildman–Crippen LogP) is 1.08. The Hall–Kier alpha value is -1.67. The van der Waals surface area contributed by atoms with E-state index >= 15 is 0 Å². The molecule has 2 rings (SSSR count). The van der Waals surface area contributed by atoms with E-state index in [0.717, 1.165) is 5.69 Å². The number of aryl methyl sites for hydroxylation is 4. The number of rotatable bonds is 7. The Balaban J connectivity index is 1.92. The molecular weight excluding hydrogens is 290 g/mol. The van der Waals surface area contributed by atoms with Crippen molar-refractivity contribution in [3.8, 4) is 0 Å². The summed E-state index contributed by atoms with van der Waals surface area (Å²) in [6, 6.07) is 1.92. The Morgan fingerprint density at radius 2 is 2.10 bits per heavy atom. The minimum absolute atomic E-state index is 0.250. The molecule has 0 aromatic carbocycles. The molecule has 2 aromatic heterocycles. The van der Waals surface area contributed by atoms with Crippen LogP contribution in [0.15, 0.2) is 23.4 Å². The Morgan fingerprint density at radius 3 is 2.67 bits per heavy atom. The third-order valence-electron chi connectivity index (χ3n) is 3.28. The minimum atomic E-state index is -3.49. The lowest BCUT2D eigenvalue weighted by Crippen LogP contribution is -2.26. The summed E-state index contributed by atoms with van der Waals surface area (Å²) in [6.45, 7) is 7.30. The van der Waals surface area contributed by atoms with Crippen LogP contribution >= 0.6 is 0 Å². The molecule has 0 spiro atoms. The van der Waals surface area contributed by atoms with Crippen LogP contribution < -0.4 is 4.72 Å². The normalized spacial score (nSPS) is 12.0. The van der Waals surface area contributed by atoms with Crippen LogP contribution in [0.1, 0.15) is 24.7 Å². The summed E-state index contributed by atoms with van der Waals surface area (Å²) < 4.78 is 30.5. The molecule has 0 saturated heterocycles. The van der Waals surface area contributed by atoms with Crippen LogP contribution in [0.4, 0.5) is 0 Å². The van der Waals surface area contributed by atoms with Crippen LogP contribution in [0.25, 0.3) is 0 Å². The highest BCUT2D eigenvalue weighted by Gasteiger charge is 2.19. The van der Waals surface area contributed by atoms with Crippen molar-refractivity contribution in [3.05, 3.63) is 29.8 Å². The van der Waals surface area contributed by atoms with E-state index in [4.69, 9.17) is 0 Å². The molecule has 0 aliphatic heterocycles. The number of hydrogen-bond donors (Lipinski definition) is 1. The van der Waals surface area contributed by atoms with Gasteiger partial charge in [-0.1, -0.05) is 0 Å². The van der Waals surface area contributed by atoms with Gasteiger partial charge in [-0.2, -0.15) is 10.2 Å². The summed E-state index contributed by atoms with van der Waals surface area (Å²) in [4.78, 5) is 0.250. The van der Waals surface area contributed by atoms with E-state index in [1.165, 1.54) is 0 Å². The van der Waals surface area contributed by atoms with Gasteiger partial charge in [-0.3, -0.25) is 9.36 Å². The van der Waals surface area contributed by atoms with Crippen LogP contribution in [0, 0.1) is 13.8 Å². The zero-order valence-electron chi connectivity index (χ0n) is 12.6. The summed E-state index contributed by atoms with van der Waals surface area (Å²) in [6.07, 6.45) is 3.99. The van der Waals surface area contributed by atoms with Crippen molar-refractivity contribution in [2.75, 3.05) is 6.54 Å². The maximum atomic E-state index is 12.2. The second-order valence-corrected chi connectivity index (χ2v) is 6.62. The van der Waals surface area contributed by atoms with Gasteiger partial charge in [0.1, 0.15) is 4.90 Å². The first-order chi connectivity index (χ1) is 9.94. The molecule has 2 aromatic rings. The molecule has 0 unspecified atom stereocenters. The number of sulfonamides is 1. The van der Waals surface area contributed by atoms with Crippen molar-refractivity contribution in [1.82, 2.24) is 24.3 Å². The molecule has 0 fully saturated rings. The van der Waals surface area contributed by atoms with Gasteiger partial charge in [-0.15, -0.1) is 0 Å². The van der Waals surface area contributed by atoms with Crippen molar-refractivity contribution in [2.45, 2.75) is 45.2 Å². The fraction of sp³-hybridized carbons (Fsp3) is 0.538. The second-order valence-electron chi connectivity index (χ2n) is 4.88. The molecule has 7 nitrogen and oxygen atoms in total. The fourth-order valence-electron chi connectivity index (χ4n) is 2.07. The minimum Gasteiger partial charge on any atom is -0.271 e. The van der Waals surface area contributed by atoms with Gasteiger partial charge >= 0.3 is 0 Å². The molecule has 0 amide bonds. The zero-order valence-corrected chi connectivity index (χ0v) is 13.4. The van der Waals surface area contributed by atoms with Crippen LogP contribution in [-0.2, 0) is 23.1 Å². The second kappa shape index (κ2) is 6.40. The van der Waals surface area contributed by atoms with Crippen molar-refractivity contribution in [1.29, 1.82) is 0 Å². The molecule has 21 heavy (non-hydrogen) atoms. The van der Waals surface area contributed by atoms with Gasteiger partial charge in [0.25, 0.3) is 0 Å².